The lowest BCUT2D eigenvalue weighted by Gasteiger charge is -2.28. The lowest BCUT2D eigenvalue weighted by atomic mass is 9.78. The Morgan fingerprint density at radius 3 is 0.917 bits per heavy atom. The molecular weight excluding hydrogens is 608 g/mol. The Hall–Kier alpha value is -3.10. The number of aryl methyl sites for hydroxylation is 2. The van der Waals surface area contributed by atoms with Gasteiger partial charge in [0.15, 0.2) is 0 Å². The molecule has 0 unspecified atom stereocenters. The van der Waals surface area contributed by atoms with Crippen molar-refractivity contribution in [2.24, 2.45) is 0 Å². The molecule has 0 aromatic heterocycles. The molecule has 0 aliphatic heterocycles. The van der Waals surface area contributed by atoms with Crippen LogP contribution in [0, 0.1) is 0 Å². The van der Waals surface area contributed by atoms with Gasteiger partial charge in [0.2, 0.25) is 0 Å². The summed E-state index contributed by atoms with van der Waals surface area (Å²) in [6.45, 7) is 31.6. The molecule has 8 nitrogen and oxygen atoms in total. The van der Waals surface area contributed by atoms with Gasteiger partial charge in [0.05, 0.1) is 13.2 Å². The number of phenols is 2. The summed E-state index contributed by atoms with van der Waals surface area (Å²) < 4.78 is 10.0. The summed E-state index contributed by atoms with van der Waals surface area (Å²) in [5.74, 6) is -0.923. The molecule has 0 aliphatic carbocycles. The molecule has 2 rings (SSSR count). The molecule has 48 heavy (non-hydrogen) atoms. The Bertz CT molecular complexity index is 1130. The fraction of sp³-hybridized carbons (Fsp3) is 0.650. The molecule has 0 heterocycles. The number of hydrogen-bond acceptors (Lipinski definition) is 6. The molecule has 0 fully saturated rings. The Morgan fingerprint density at radius 1 is 0.521 bits per heavy atom. The topological polar surface area (TPSA) is 134 Å². The van der Waals surface area contributed by atoms with Gasteiger partial charge >= 0.3 is 11.9 Å². The van der Waals surface area contributed by atoms with Gasteiger partial charge in [-0.05, 0) is 81.7 Å². The number of carboxylic acid groups (broad SMARTS) is 2. The highest BCUT2D eigenvalue weighted by Crippen LogP contribution is 2.41. The van der Waals surface area contributed by atoms with Gasteiger partial charge in [-0.3, -0.25) is 9.59 Å². The zero-order valence-corrected chi connectivity index (χ0v) is 32.4. The average Bonchev–Trinajstić information content (AvgIpc) is 2.92. The van der Waals surface area contributed by atoms with Crippen molar-refractivity contribution >= 4 is 11.9 Å². The van der Waals surface area contributed by atoms with Gasteiger partial charge in [-0.25, -0.2) is 0 Å². The van der Waals surface area contributed by atoms with Gasteiger partial charge in [0, 0.05) is 26.1 Å². The van der Waals surface area contributed by atoms with Crippen molar-refractivity contribution in [3.05, 3.63) is 57.6 Å². The second-order valence-corrected chi connectivity index (χ2v) is 16.3. The van der Waals surface area contributed by atoms with E-state index >= 15 is 0 Å². The van der Waals surface area contributed by atoms with E-state index in [0.29, 0.717) is 24.3 Å². The number of hydrogen-bond donors (Lipinski definition) is 4. The first kappa shape index (κ1) is 44.9. The highest BCUT2D eigenvalue weighted by molar-refractivity contribution is 5.67. The number of aromatic hydroxyl groups is 2. The molecule has 0 saturated heterocycles. The summed E-state index contributed by atoms with van der Waals surface area (Å²) in [5, 5.41) is 38.8. The maximum absolute atomic E-state index is 10.8. The molecule has 2 aromatic carbocycles. The Kier molecular flexibility index (Phi) is 17.9. The summed E-state index contributed by atoms with van der Waals surface area (Å²) >= 11 is 0. The number of benzene rings is 2. The van der Waals surface area contributed by atoms with Crippen LogP contribution in [0.3, 0.4) is 0 Å². The van der Waals surface area contributed by atoms with Crippen LogP contribution in [0.4, 0.5) is 0 Å². The first-order chi connectivity index (χ1) is 21.8. The molecule has 0 spiro atoms. The van der Waals surface area contributed by atoms with E-state index < -0.39 is 11.9 Å². The lowest BCUT2D eigenvalue weighted by Crippen LogP contribution is -2.18. The van der Waals surface area contributed by atoms with Crippen LogP contribution in [0.25, 0.3) is 0 Å². The predicted molar refractivity (Wildman–Crippen MR) is 196 cm³/mol. The van der Waals surface area contributed by atoms with E-state index in [1.165, 1.54) is 0 Å². The van der Waals surface area contributed by atoms with Crippen molar-refractivity contribution in [1.29, 1.82) is 0 Å². The van der Waals surface area contributed by atoms with Crippen molar-refractivity contribution in [3.63, 3.8) is 0 Å². The van der Waals surface area contributed by atoms with Crippen LogP contribution in [0.15, 0.2) is 24.3 Å². The number of carbonyl (C=O) groups is 2. The second kappa shape index (κ2) is 19.2. The van der Waals surface area contributed by atoms with Crippen LogP contribution in [-0.4, -0.2) is 58.8 Å². The minimum absolute atomic E-state index is 0.109. The highest BCUT2D eigenvalue weighted by Gasteiger charge is 2.28. The normalized spacial score (nSPS) is 12.0. The number of rotatable bonds is 11. The quantitative estimate of drug-likeness (QED) is 0.174. The second-order valence-electron chi connectivity index (χ2n) is 16.3. The van der Waals surface area contributed by atoms with Crippen LogP contribution < -0.4 is 0 Å². The molecular formula is C40H66O8. The maximum atomic E-state index is 10.8. The molecule has 274 valence electrons. The molecule has 0 amide bonds. The van der Waals surface area contributed by atoms with Crippen LogP contribution in [0.5, 0.6) is 11.5 Å². The minimum Gasteiger partial charge on any atom is -0.507 e. The van der Waals surface area contributed by atoms with Crippen LogP contribution in [-0.2, 0) is 53.6 Å². The van der Waals surface area contributed by atoms with E-state index in [0.717, 1.165) is 59.8 Å². The van der Waals surface area contributed by atoms with Gasteiger partial charge in [0.1, 0.15) is 11.5 Å². The van der Waals surface area contributed by atoms with Crippen molar-refractivity contribution in [2.45, 2.75) is 144 Å². The van der Waals surface area contributed by atoms with Crippen LogP contribution >= 0.6 is 0 Å². The van der Waals surface area contributed by atoms with Crippen LogP contribution in [0.2, 0.25) is 0 Å². The van der Waals surface area contributed by atoms with Gasteiger partial charge in [-0.1, -0.05) is 107 Å². The Morgan fingerprint density at radius 2 is 0.750 bits per heavy atom. The first-order valence-corrected chi connectivity index (χ1v) is 17.1. The number of ether oxygens (including phenoxy) is 2. The van der Waals surface area contributed by atoms with E-state index in [1.54, 1.807) is 0 Å². The number of phenolic OH excluding ortho intramolecular Hbond substituents is 2. The smallest absolute Gasteiger partial charge is 0.303 e. The summed E-state index contributed by atoms with van der Waals surface area (Å²) in [7, 11) is 0. The Labute approximate surface area is 290 Å². The molecule has 4 N–H and O–H groups in total. The molecule has 0 bridgehead atoms. The molecule has 0 atom stereocenters. The van der Waals surface area contributed by atoms with E-state index in [1.807, 2.05) is 38.1 Å². The standard InChI is InChI=1S/2C17H26O3.C6H14O2/c2*1-16(2,3)12-9-11(7-8-14(18)19)10-13(15(12)20)17(4,5)6;1-3-7-5-6-8-4-2/h2*9-10,20H,7-8H2,1-6H3,(H,18,19);3-6H2,1-2H3. The fourth-order valence-electron chi connectivity index (χ4n) is 4.87. The predicted octanol–water partition coefficient (Wildman–Crippen LogP) is 9.07. The van der Waals surface area contributed by atoms with E-state index in [2.05, 4.69) is 83.1 Å². The fourth-order valence-corrected chi connectivity index (χ4v) is 4.87. The third kappa shape index (κ3) is 16.3. The molecule has 0 aliphatic rings. The van der Waals surface area contributed by atoms with Crippen LogP contribution in [0.1, 0.15) is 143 Å². The summed E-state index contributed by atoms with van der Waals surface area (Å²) in [6, 6.07) is 7.75. The highest BCUT2D eigenvalue weighted by atomic mass is 16.5. The first-order valence-electron chi connectivity index (χ1n) is 17.1. The summed E-state index contributed by atoms with van der Waals surface area (Å²) in [5.41, 5.74) is 4.76. The molecule has 2 aromatic rings. The third-order valence-corrected chi connectivity index (χ3v) is 7.61. The van der Waals surface area contributed by atoms with E-state index in [9.17, 15) is 19.8 Å². The molecule has 0 saturated carbocycles. The van der Waals surface area contributed by atoms with Crippen molar-refractivity contribution in [2.75, 3.05) is 26.4 Å². The monoisotopic (exact) mass is 674 g/mol. The van der Waals surface area contributed by atoms with Gasteiger partial charge in [-0.15, -0.1) is 0 Å². The largest absolute Gasteiger partial charge is 0.507 e. The summed E-state index contributed by atoms with van der Waals surface area (Å²) in [4.78, 5) is 21.5. The van der Waals surface area contributed by atoms with Crippen molar-refractivity contribution < 1.29 is 39.5 Å². The third-order valence-electron chi connectivity index (χ3n) is 7.61. The maximum Gasteiger partial charge on any atom is 0.303 e. The Balaban J connectivity index is 0.000000754. The van der Waals surface area contributed by atoms with Crippen molar-refractivity contribution in [1.82, 2.24) is 0 Å². The zero-order valence-electron chi connectivity index (χ0n) is 32.4. The van der Waals surface area contributed by atoms with Gasteiger partial charge in [-0.2, -0.15) is 0 Å². The lowest BCUT2D eigenvalue weighted by molar-refractivity contribution is -0.138. The summed E-state index contributed by atoms with van der Waals surface area (Å²) in [6.07, 6.45) is 1.19. The van der Waals surface area contributed by atoms with E-state index in [4.69, 9.17) is 19.7 Å². The molecule has 8 heteroatoms. The number of aliphatic carboxylic acids is 2. The zero-order chi connectivity index (χ0) is 37.7. The molecule has 0 radical (unpaired) electrons. The van der Waals surface area contributed by atoms with Gasteiger partial charge < -0.3 is 29.9 Å². The number of carboxylic acids is 2. The van der Waals surface area contributed by atoms with Crippen molar-refractivity contribution in [3.8, 4) is 11.5 Å². The van der Waals surface area contributed by atoms with Gasteiger partial charge in [0.25, 0.3) is 0 Å². The van der Waals surface area contributed by atoms with E-state index in [-0.39, 0.29) is 34.5 Å². The minimum atomic E-state index is -0.798. The average molecular weight is 675 g/mol. The SMILES string of the molecule is CC(C)(C)c1cc(CCC(=O)O)cc(C(C)(C)C)c1O.CC(C)(C)c1cc(CCC(=O)O)cc(C(C)(C)C)c1O.CCOCCOCC.